The minimum atomic E-state index is -0.804. The lowest BCUT2D eigenvalue weighted by molar-refractivity contribution is -0.161. The fourth-order valence-electron chi connectivity index (χ4n) is 5.34. The lowest BCUT2D eigenvalue weighted by Gasteiger charge is -2.15. The van der Waals surface area contributed by atoms with Crippen LogP contribution in [0.4, 0.5) is 0 Å². The molecule has 1 N–H and O–H groups in total. The van der Waals surface area contributed by atoms with Gasteiger partial charge in [0.1, 0.15) is 6.61 Å². The third kappa shape index (κ3) is 38.1. The number of carbonyl (C=O) groups excluding carboxylic acids is 2. The van der Waals surface area contributed by atoms with Crippen LogP contribution in [0.1, 0.15) is 181 Å². The molecule has 5 heteroatoms. The number of unbranched alkanes of at least 4 members (excludes halogenated alkanes) is 16. The van der Waals surface area contributed by atoms with Gasteiger partial charge >= 0.3 is 11.9 Å². The van der Waals surface area contributed by atoms with E-state index in [2.05, 4.69) is 86.8 Å². The van der Waals surface area contributed by atoms with Gasteiger partial charge in [-0.25, -0.2) is 0 Å². The van der Waals surface area contributed by atoms with Crippen LogP contribution in [0.2, 0.25) is 0 Å². The van der Waals surface area contributed by atoms with Crippen LogP contribution in [0.3, 0.4) is 0 Å². The van der Waals surface area contributed by atoms with Gasteiger partial charge in [0.25, 0.3) is 0 Å². The van der Waals surface area contributed by atoms with E-state index < -0.39 is 6.10 Å². The standard InChI is InChI=1S/C45H76O5/c1-3-5-7-9-11-13-15-17-19-21-22-24-25-27-29-31-33-35-37-39-44(47)49-42-43(41-46)50-45(48)40-38-36-34-32-30-28-26-23-20-18-16-14-12-10-8-6-4-2/h11-14,17-20,26,28,32,34,43,46H,3-10,15-16,21-25,27,29-31,33,35-42H2,1-2H3/b13-11-,14-12-,19-17-,20-18-,28-26-,34-32-/t43-/m0/s1. The maximum Gasteiger partial charge on any atom is 0.306 e. The molecule has 0 unspecified atom stereocenters. The molecule has 0 saturated heterocycles. The third-order valence-corrected chi connectivity index (χ3v) is 8.47. The average Bonchev–Trinajstić information content (AvgIpc) is 3.12. The molecule has 286 valence electrons. The lowest BCUT2D eigenvalue weighted by Crippen LogP contribution is -2.28. The average molecular weight is 697 g/mol. The van der Waals surface area contributed by atoms with Gasteiger partial charge in [0.15, 0.2) is 6.10 Å². The van der Waals surface area contributed by atoms with Gasteiger partial charge in [-0.2, -0.15) is 0 Å². The van der Waals surface area contributed by atoms with Gasteiger partial charge in [0.2, 0.25) is 0 Å². The number of rotatable bonds is 36. The fourth-order valence-corrected chi connectivity index (χ4v) is 5.34. The molecule has 1 atom stereocenters. The predicted molar refractivity (Wildman–Crippen MR) is 214 cm³/mol. The SMILES string of the molecule is CCCCC/C=C\C/C=C\C/C=C\C/C=C\CCCC(=O)O[C@@H](CO)COC(=O)CCCCCCCCCCC/C=C\C/C=C\CCCCC. The normalized spacial score (nSPS) is 12.9. The molecule has 0 aliphatic carbocycles. The molecular weight excluding hydrogens is 620 g/mol. The number of carbonyl (C=O) groups is 2. The number of allylic oxidation sites excluding steroid dienone is 12. The predicted octanol–water partition coefficient (Wildman–Crippen LogP) is 13.0. The maximum atomic E-state index is 12.2. The second-order valence-electron chi connectivity index (χ2n) is 13.4. The van der Waals surface area contributed by atoms with Crippen molar-refractivity contribution in [3.05, 3.63) is 72.9 Å². The van der Waals surface area contributed by atoms with Gasteiger partial charge in [-0.3, -0.25) is 9.59 Å². The zero-order valence-electron chi connectivity index (χ0n) is 32.4. The van der Waals surface area contributed by atoms with E-state index in [1.54, 1.807) is 0 Å². The molecule has 50 heavy (non-hydrogen) atoms. The first-order valence-corrected chi connectivity index (χ1v) is 20.5. The number of hydrogen-bond donors (Lipinski definition) is 1. The van der Waals surface area contributed by atoms with Crippen molar-refractivity contribution in [2.45, 2.75) is 187 Å². The van der Waals surface area contributed by atoms with Gasteiger partial charge in [0, 0.05) is 12.8 Å². The van der Waals surface area contributed by atoms with E-state index in [0.29, 0.717) is 12.8 Å². The largest absolute Gasteiger partial charge is 0.462 e. The lowest BCUT2D eigenvalue weighted by atomic mass is 10.1. The van der Waals surface area contributed by atoms with Crippen molar-refractivity contribution in [1.29, 1.82) is 0 Å². The Morgan fingerprint density at radius 3 is 1.26 bits per heavy atom. The number of hydrogen-bond acceptors (Lipinski definition) is 5. The van der Waals surface area contributed by atoms with Gasteiger partial charge in [-0.05, 0) is 83.5 Å². The molecule has 0 aromatic heterocycles. The molecular formula is C45H76O5. The smallest absolute Gasteiger partial charge is 0.306 e. The molecule has 0 rings (SSSR count). The molecule has 0 amide bonds. The van der Waals surface area contributed by atoms with Crippen LogP contribution in [0.5, 0.6) is 0 Å². The van der Waals surface area contributed by atoms with Crippen molar-refractivity contribution in [1.82, 2.24) is 0 Å². The van der Waals surface area contributed by atoms with E-state index >= 15 is 0 Å². The zero-order chi connectivity index (χ0) is 36.4. The second kappa shape index (κ2) is 40.8. The van der Waals surface area contributed by atoms with Crippen molar-refractivity contribution in [3.63, 3.8) is 0 Å². The Kier molecular flexibility index (Phi) is 38.6. The van der Waals surface area contributed by atoms with Crippen LogP contribution in [0, 0.1) is 0 Å². The number of ether oxygens (including phenoxy) is 2. The summed E-state index contributed by atoms with van der Waals surface area (Å²) in [5.74, 6) is -0.665. The molecule has 0 spiro atoms. The number of aliphatic hydroxyl groups excluding tert-OH is 1. The van der Waals surface area contributed by atoms with Crippen LogP contribution < -0.4 is 0 Å². The van der Waals surface area contributed by atoms with Crippen molar-refractivity contribution in [3.8, 4) is 0 Å². The van der Waals surface area contributed by atoms with E-state index in [1.165, 1.54) is 96.3 Å². The summed E-state index contributed by atoms with van der Waals surface area (Å²) in [6.45, 7) is 4.03. The molecule has 0 aromatic rings. The highest BCUT2D eigenvalue weighted by molar-refractivity contribution is 5.70. The van der Waals surface area contributed by atoms with Crippen LogP contribution in [-0.4, -0.2) is 36.4 Å². The summed E-state index contributed by atoms with van der Waals surface area (Å²) >= 11 is 0. The monoisotopic (exact) mass is 697 g/mol. The summed E-state index contributed by atoms with van der Waals surface area (Å²) in [7, 11) is 0. The molecule has 0 aromatic carbocycles. The molecule has 0 aliphatic heterocycles. The minimum absolute atomic E-state index is 0.0930. The minimum Gasteiger partial charge on any atom is -0.462 e. The molecule has 0 bridgehead atoms. The second-order valence-corrected chi connectivity index (χ2v) is 13.4. The van der Waals surface area contributed by atoms with Crippen molar-refractivity contribution >= 4 is 11.9 Å². The summed E-state index contributed by atoms with van der Waals surface area (Å²) < 4.78 is 10.6. The Bertz CT molecular complexity index is 926. The van der Waals surface area contributed by atoms with E-state index in [1.807, 2.05) is 0 Å². The van der Waals surface area contributed by atoms with Gasteiger partial charge < -0.3 is 14.6 Å². The molecule has 0 aliphatic rings. The van der Waals surface area contributed by atoms with E-state index in [0.717, 1.165) is 51.4 Å². The molecule has 0 saturated carbocycles. The molecule has 0 radical (unpaired) electrons. The highest BCUT2D eigenvalue weighted by Crippen LogP contribution is 2.12. The van der Waals surface area contributed by atoms with Gasteiger partial charge in [0.05, 0.1) is 6.61 Å². The Morgan fingerprint density at radius 1 is 0.460 bits per heavy atom. The zero-order valence-corrected chi connectivity index (χ0v) is 32.4. The van der Waals surface area contributed by atoms with Crippen LogP contribution in [-0.2, 0) is 19.1 Å². The van der Waals surface area contributed by atoms with E-state index in [9.17, 15) is 14.7 Å². The van der Waals surface area contributed by atoms with Gasteiger partial charge in [-0.1, -0.05) is 157 Å². The quantitative estimate of drug-likeness (QED) is 0.0401. The van der Waals surface area contributed by atoms with Crippen LogP contribution in [0.15, 0.2) is 72.9 Å². The topological polar surface area (TPSA) is 72.8 Å². The number of aliphatic hydroxyl groups is 1. The first kappa shape index (κ1) is 47.3. The summed E-state index contributed by atoms with van der Waals surface area (Å²) in [5.41, 5.74) is 0. The Labute approximate surface area is 308 Å². The summed E-state index contributed by atoms with van der Waals surface area (Å²) in [4.78, 5) is 24.3. The first-order valence-electron chi connectivity index (χ1n) is 20.5. The van der Waals surface area contributed by atoms with Gasteiger partial charge in [-0.15, -0.1) is 0 Å². The molecule has 5 nitrogen and oxygen atoms in total. The Balaban J connectivity index is 3.66. The van der Waals surface area contributed by atoms with E-state index in [4.69, 9.17) is 9.47 Å². The highest BCUT2D eigenvalue weighted by atomic mass is 16.6. The summed E-state index contributed by atoms with van der Waals surface area (Å²) in [6, 6.07) is 0. The van der Waals surface area contributed by atoms with Crippen molar-refractivity contribution in [2.75, 3.05) is 13.2 Å². The van der Waals surface area contributed by atoms with Crippen molar-refractivity contribution in [2.24, 2.45) is 0 Å². The molecule has 0 fully saturated rings. The third-order valence-electron chi connectivity index (χ3n) is 8.47. The first-order chi connectivity index (χ1) is 24.6. The Hall–Kier alpha value is -2.66. The van der Waals surface area contributed by atoms with Crippen LogP contribution >= 0.6 is 0 Å². The summed E-state index contributed by atoms with van der Waals surface area (Å²) in [5, 5.41) is 9.55. The number of esters is 2. The van der Waals surface area contributed by atoms with Crippen molar-refractivity contribution < 1.29 is 24.2 Å². The summed E-state index contributed by atoms with van der Waals surface area (Å²) in [6.07, 6.45) is 53.9. The Morgan fingerprint density at radius 2 is 0.820 bits per heavy atom. The van der Waals surface area contributed by atoms with E-state index in [-0.39, 0.29) is 31.6 Å². The highest BCUT2D eigenvalue weighted by Gasteiger charge is 2.15. The molecule has 0 heterocycles. The maximum absolute atomic E-state index is 12.2. The fraction of sp³-hybridized carbons (Fsp3) is 0.689. The van der Waals surface area contributed by atoms with Crippen LogP contribution in [0.25, 0.3) is 0 Å².